The molecule has 1 atom stereocenters. The van der Waals surface area contributed by atoms with Gasteiger partial charge in [-0.2, -0.15) is 0 Å². The topological polar surface area (TPSA) is 70.0 Å². The van der Waals surface area contributed by atoms with E-state index in [0.717, 1.165) is 5.69 Å². The van der Waals surface area contributed by atoms with Crippen molar-refractivity contribution in [1.82, 2.24) is 0 Å². The highest BCUT2D eigenvalue weighted by Crippen LogP contribution is 2.19. The zero-order valence-corrected chi connectivity index (χ0v) is 15.0. The number of ether oxygens (including phenoxy) is 1. The minimum absolute atomic E-state index is 0. The largest absolute Gasteiger partial charge is 0.490 e. The molecule has 5 nitrogen and oxygen atoms in total. The Kier molecular flexibility index (Phi) is 8.99. The summed E-state index contributed by atoms with van der Waals surface area (Å²) < 4.78 is 5.62. The number of carbonyl (C=O) groups excluding carboxylic acids is 1. The minimum Gasteiger partial charge on any atom is -0.490 e. The van der Waals surface area contributed by atoms with Gasteiger partial charge in [-0.15, -0.1) is 12.4 Å². The van der Waals surface area contributed by atoms with Crippen molar-refractivity contribution in [3.8, 4) is 5.75 Å². The molecule has 0 bridgehead atoms. The van der Waals surface area contributed by atoms with Crippen molar-refractivity contribution in [3.05, 3.63) is 60.2 Å². The second-order valence-electron chi connectivity index (χ2n) is 5.52. The second-order valence-corrected chi connectivity index (χ2v) is 5.52. The number of ketones is 1. The Morgan fingerprint density at radius 1 is 1.12 bits per heavy atom. The van der Waals surface area contributed by atoms with Crippen molar-refractivity contribution in [2.75, 3.05) is 31.2 Å². The Hall–Kier alpha value is -2.08. The Labute approximate surface area is 154 Å². The summed E-state index contributed by atoms with van der Waals surface area (Å²) in [6, 6.07) is 16.6. The summed E-state index contributed by atoms with van der Waals surface area (Å²) in [5.74, 6) is 0.392. The normalized spacial score (nSPS) is 11.3. The first-order valence-electron chi connectivity index (χ1n) is 7.93. The van der Waals surface area contributed by atoms with Gasteiger partial charge in [0.25, 0.3) is 0 Å². The zero-order chi connectivity index (χ0) is 17.4. The molecule has 25 heavy (non-hydrogen) atoms. The smallest absolute Gasteiger partial charge is 0.163 e. The van der Waals surface area contributed by atoms with Crippen molar-refractivity contribution in [2.45, 2.75) is 13.0 Å². The van der Waals surface area contributed by atoms with Gasteiger partial charge in [-0.05, 0) is 31.2 Å². The Balaban J connectivity index is 0.00000312. The molecular weight excluding hydrogens is 342 g/mol. The van der Waals surface area contributed by atoms with E-state index in [1.54, 1.807) is 24.3 Å². The standard InChI is InChI=1S/C19H23NO4.ClH/c1-15(22)18-9-5-6-10-19(18)24-14-17(23)13-20(11-12-21)16-7-3-2-4-8-16;/h2-10,17,21,23H,11-14H2,1H3;1H. The van der Waals surface area contributed by atoms with Crippen LogP contribution in [0.2, 0.25) is 0 Å². The number of halogens is 1. The number of hydrogen-bond donors (Lipinski definition) is 2. The van der Waals surface area contributed by atoms with Crippen LogP contribution < -0.4 is 9.64 Å². The van der Waals surface area contributed by atoms with Crippen LogP contribution in [0.15, 0.2) is 54.6 Å². The molecule has 0 saturated heterocycles. The van der Waals surface area contributed by atoms with Gasteiger partial charge < -0.3 is 19.8 Å². The van der Waals surface area contributed by atoms with Crippen LogP contribution in [-0.2, 0) is 0 Å². The molecule has 0 amide bonds. The van der Waals surface area contributed by atoms with Crippen LogP contribution in [0.5, 0.6) is 5.75 Å². The van der Waals surface area contributed by atoms with E-state index in [9.17, 15) is 15.0 Å². The van der Waals surface area contributed by atoms with Gasteiger partial charge in [0, 0.05) is 18.8 Å². The van der Waals surface area contributed by atoms with E-state index in [4.69, 9.17) is 4.74 Å². The molecular formula is C19H24ClNO4. The lowest BCUT2D eigenvalue weighted by Gasteiger charge is -2.26. The third kappa shape index (κ3) is 6.38. The number of aliphatic hydroxyl groups excluding tert-OH is 2. The molecule has 2 N–H and O–H groups in total. The van der Waals surface area contributed by atoms with Gasteiger partial charge in [0.05, 0.1) is 12.2 Å². The van der Waals surface area contributed by atoms with Crippen LogP contribution in [0.3, 0.4) is 0 Å². The number of Topliss-reactive ketones (excluding diaryl/α,β-unsaturated/α-hetero) is 1. The third-order valence-electron chi connectivity index (χ3n) is 3.62. The van der Waals surface area contributed by atoms with Gasteiger partial charge in [-0.3, -0.25) is 4.79 Å². The van der Waals surface area contributed by atoms with Gasteiger partial charge in [0.15, 0.2) is 5.78 Å². The van der Waals surface area contributed by atoms with Gasteiger partial charge >= 0.3 is 0 Å². The first kappa shape index (κ1) is 21.0. The van der Waals surface area contributed by atoms with E-state index in [1.165, 1.54) is 6.92 Å². The van der Waals surface area contributed by atoms with Crippen LogP contribution in [0.1, 0.15) is 17.3 Å². The number of anilines is 1. The number of rotatable bonds is 9. The fraction of sp³-hybridized carbons (Fsp3) is 0.316. The fourth-order valence-corrected chi connectivity index (χ4v) is 2.46. The molecule has 0 aliphatic heterocycles. The molecule has 0 aliphatic rings. The van der Waals surface area contributed by atoms with Gasteiger partial charge in [-0.1, -0.05) is 30.3 Å². The SMILES string of the molecule is CC(=O)c1ccccc1OCC(O)CN(CCO)c1ccccc1.Cl. The number of nitrogens with zero attached hydrogens (tertiary/aromatic N) is 1. The summed E-state index contributed by atoms with van der Waals surface area (Å²) in [6.07, 6.45) is -0.753. The molecule has 2 aromatic rings. The first-order chi connectivity index (χ1) is 11.6. The molecule has 0 radical (unpaired) electrons. The molecule has 0 fully saturated rings. The molecule has 2 aromatic carbocycles. The summed E-state index contributed by atoms with van der Waals surface area (Å²) >= 11 is 0. The predicted octanol–water partition coefficient (Wildman–Crippen LogP) is 2.55. The van der Waals surface area contributed by atoms with Crippen molar-refractivity contribution in [1.29, 1.82) is 0 Å². The van der Waals surface area contributed by atoms with Crippen LogP contribution in [0, 0.1) is 0 Å². The first-order valence-corrected chi connectivity index (χ1v) is 7.93. The van der Waals surface area contributed by atoms with E-state index in [2.05, 4.69) is 0 Å². The molecule has 0 aromatic heterocycles. The maximum Gasteiger partial charge on any atom is 0.163 e. The quantitative estimate of drug-likeness (QED) is 0.668. The average molecular weight is 366 g/mol. The number of carbonyl (C=O) groups is 1. The Bertz CT molecular complexity index is 651. The molecule has 2 rings (SSSR count). The van der Waals surface area contributed by atoms with E-state index in [1.807, 2.05) is 35.2 Å². The van der Waals surface area contributed by atoms with Crippen LogP contribution in [0.25, 0.3) is 0 Å². The highest BCUT2D eigenvalue weighted by Gasteiger charge is 2.14. The maximum atomic E-state index is 11.6. The third-order valence-corrected chi connectivity index (χ3v) is 3.62. The highest BCUT2D eigenvalue weighted by atomic mass is 35.5. The van der Waals surface area contributed by atoms with E-state index in [-0.39, 0.29) is 31.4 Å². The number of aliphatic hydroxyl groups is 2. The lowest BCUT2D eigenvalue weighted by molar-refractivity contribution is 0.0984. The summed E-state index contributed by atoms with van der Waals surface area (Å²) in [6.45, 7) is 2.30. The molecule has 0 saturated carbocycles. The monoisotopic (exact) mass is 365 g/mol. The molecule has 0 aliphatic carbocycles. The average Bonchev–Trinajstić information content (AvgIpc) is 2.60. The lowest BCUT2D eigenvalue weighted by Crippen LogP contribution is -2.37. The predicted molar refractivity (Wildman–Crippen MR) is 101 cm³/mol. The van der Waals surface area contributed by atoms with Gasteiger partial charge in [0.2, 0.25) is 0 Å². The molecule has 0 heterocycles. The van der Waals surface area contributed by atoms with Crippen molar-refractivity contribution in [2.24, 2.45) is 0 Å². The molecule has 136 valence electrons. The molecule has 0 spiro atoms. The van der Waals surface area contributed by atoms with Crippen molar-refractivity contribution >= 4 is 23.9 Å². The number of para-hydroxylation sites is 2. The van der Waals surface area contributed by atoms with Gasteiger partial charge in [0.1, 0.15) is 18.5 Å². The van der Waals surface area contributed by atoms with E-state index in [0.29, 0.717) is 24.4 Å². The molecule has 1 unspecified atom stereocenters. The number of hydrogen-bond acceptors (Lipinski definition) is 5. The summed E-state index contributed by atoms with van der Waals surface area (Å²) in [5, 5.41) is 19.5. The highest BCUT2D eigenvalue weighted by molar-refractivity contribution is 5.96. The summed E-state index contributed by atoms with van der Waals surface area (Å²) in [4.78, 5) is 13.5. The second kappa shape index (κ2) is 10.7. The Morgan fingerprint density at radius 2 is 1.76 bits per heavy atom. The van der Waals surface area contributed by atoms with E-state index < -0.39 is 6.10 Å². The van der Waals surface area contributed by atoms with Crippen LogP contribution >= 0.6 is 12.4 Å². The zero-order valence-electron chi connectivity index (χ0n) is 14.2. The summed E-state index contributed by atoms with van der Waals surface area (Å²) in [7, 11) is 0. The summed E-state index contributed by atoms with van der Waals surface area (Å²) in [5.41, 5.74) is 1.43. The van der Waals surface area contributed by atoms with E-state index >= 15 is 0 Å². The molecule has 6 heteroatoms. The fourth-order valence-electron chi connectivity index (χ4n) is 2.46. The van der Waals surface area contributed by atoms with Gasteiger partial charge in [-0.25, -0.2) is 0 Å². The lowest BCUT2D eigenvalue weighted by atomic mass is 10.1. The van der Waals surface area contributed by atoms with Crippen LogP contribution in [0.4, 0.5) is 5.69 Å². The maximum absolute atomic E-state index is 11.6. The number of benzene rings is 2. The van der Waals surface area contributed by atoms with Crippen molar-refractivity contribution < 1.29 is 19.7 Å². The van der Waals surface area contributed by atoms with Crippen LogP contribution in [-0.4, -0.2) is 48.4 Å². The van der Waals surface area contributed by atoms with Crippen molar-refractivity contribution in [3.63, 3.8) is 0 Å². The Morgan fingerprint density at radius 3 is 2.40 bits per heavy atom. The minimum atomic E-state index is -0.753.